The number of rotatable bonds is 9. The lowest BCUT2D eigenvalue weighted by atomic mass is 10.2. The van der Waals surface area contributed by atoms with Crippen molar-refractivity contribution in [2.24, 2.45) is 0 Å². The molecule has 0 bridgehead atoms. The number of ether oxygens (including phenoxy) is 1. The second-order valence-corrected chi connectivity index (χ2v) is 8.00. The van der Waals surface area contributed by atoms with E-state index in [1.54, 1.807) is 19.5 Å². The monoisotopic (exact) mass is 445 g/mol. The van der Waals surface area contributed by atoms with Gasteiger partial charge in [-0.1, -0.05) is 42.1 Å². The summed E-state index contributed by atoms with van der Waals surface area (Å²) in [6.45, 7) is 0.485. The van der Waals surface area contributed by atoms with Gasteiger partial charge >= 0.3 is 0 Å². The van der Waals surface area contributed by atoms with E-state index in [0.29, 0.717) is 18.7 Å². The molecule has 1 amide bonds. The summed E-state index contributed by atoms with van der Waals surface area (Å²) in [5, 5.41) is 12.5. The van der Waals surface area contributed by atoms with Crippen molar-refractivity contribution >= 4 is 17.7 Å². The van der Waals surface area contributed by atoms with Crippen molar-refractivity contribution in [2.45, 2.75) is 18.1 Å². The molecule has 2 aromatic heterocycles. The number of nitrogens with one attached hydrogen (secondary N) is 1. The highest BCUT2D eigenvalue weighted by atomic mass is 32.2. The average molecular weight is 446 g/mol. The summed E-state index contributed by atoms with van der Waals surface area (Å²) in [5.74, 6) is 2.10. The molecule has 7 nitrogen and oxygen atoms in total. The topological polar surface area (TPSA) is 81.9 Å². The van der Waals surface area contributed by atoms with Crippen molar-refractivity contribution in [3.05, 3.63) is 84.7 Å². The van der Waals surface area contributed by atoms with Crippen molar-refractivity contribution in [1.82, 2.24) is 25.1 Å². The van der Waals surface area contributed by atoms with E-state index in [2.05, 4.69) is 20.5 Å². The van der Waals surface area contributed by atoms with Gasteiger partial charge in [-0.3, -0.25) is 14.3 Å². The minimum Gasteiger partial charge on any atom is -0.497 e. The van der Waals surface area contributed by atoms with E-state index in [4.69, 9.17) is 4.74 Å². The van der Waals surface area contributed by atoms with Crippen LogP contribution in [0.25, 0.3) is 17.1 Å². The van der Waals surface area contributed by atoms with Crippen molar-refractivity contribution in [3.8, 4) is 22.8 Å². The Morgan fingerprint density at radius 2 is 1.84 bits per heavy atom. The lowest BCUT2D eigenvalue weighted by Crippen LogP contribution is -2.23. The zero-order valence-electron chi connectivity index (χ0n) is 17.6. The van der Waals surface area contributed by atoms with E-state index in [0.717, 1.165) is 33.5 Å². The average Bonchev–Trinajstić information content (AvgIpc) is 3.28. The fraction of sp³-hybridized carbons (Fsp3) is 0.167. The van der Waals surface area contributed by atoms with Gasteiger partial charge < -0.3 is 10.1 Å². The normalized spacial score (nSPS) is 10.7. The molecule has 162 valence electrons. The van der Waals surface area contributed by atoms with Crippen LogP contribution in [-0.2, 0) is 11.3 Å². The number of pyridine rings is 1. The van der Waals surface area contributed by atoms with Crippen LogP contribution in [-0.4, -0.2) is 38.5 Å². The summed E-state index contributed by atoms with van der Waals surface area (Å²) in [5.41, 5.74) is 2.87. The first-order valence-corrected chi connectivity index (χ1v) is 11.2. The van der Waals surface area contributed by atoms with Gasteiger partial charge in [-0.05, 0) is 42.0 Å². The zero-order chi connectivity index (χ0) is 22.2. The molecule has 1 N–H and O–H groups in total. The molecular weight excluding hydrogens is 422 g/mol. The Morgan fingerprint density at radius 3 is 2.56 bits per heavy atom. The molecule has 0 unspecified atom stereocenters. The highest BCUT2D eigenvalue weighted by Crippen LogP contribution is 2.27. The molecule has 0 fully saturated rings. The first-order chi connectivity index (χ1) is 15.7. The van der Waals surface area contributed by atoms with E-state index >= 15 is 0 Å². The van der Waals surface area contributed by atoms with E-state index in [-0.39, 0.29) is 5.91 Å². The number of aromatic nitrogens is 4. The number of nitrogens with zero attached hydrogens (tertiary/aromatic N) is 4. The molecule has 8 heteroatoms. The molecule has 2 aromatic carbocycles. The van der Waals surface area contributed by atoms with Gasteiger partial charge in [0.25, 0.3) is 0 Å². The standard InChI is InChI=1S/C24H23N5O2S/c1-31-21-11-9-18(10-12-21)16-26-22(30)13-15-32-24-28-27-23(19-6-5-14-25-17-19)29(24)20-7-3-2-4-8-20/h2-12,14,17H,13,15-16H2,1H3,(H,26,30). The Hall–Kier alpha value is -3.65. The predicted molar refractivity (Wildman–Crippen MR) is 125 cm³/mol. The largest absolute Gasteiger partial charge is 0.497 e. The Labute approximate surface area is 190 Å². The third-order valence-electron chi connectivity index (χ3n) is 4.78. The SMILES string of the molecule is COc1ccc(CNC(=O)CCSc2nnc(-c3cccnc3)n2-c2ccccc2)cc1. The molecular formula is C24H23N5O2S. The fourth-order valence-electron chi connectivity index (χ4n) is 3.12. The smallest absolute Gasteiger partial charge is 0.221 e. The number of thioether (sulfide) groups is 1. The van der Waals surface area contributed by atoms with Crippen LogP contribution in [0.1, 0.15) is 12.0 Å². The van der Waals surface area contributed by atoms with Crippen LogP contribution in [0.15, 0.2) is 84.3 Å². The number of hydrogen-bond acceptors (Lipinski definition) is 6. The predicted octanol–water partition coefficient (Wildman–Crippen LogP) is 4.14. The van der Waals surface area contributed by atoms with E-state index in [9.17, 15) is 4.79 Å². The van der Waals surface area contributed by atoms with Crippen LogP contribution in [0.3, 0.4) is 0 Å². The maximum atomic E-state index is 12.3. The molecule has 0 saturated carbocycles. The second-order valence-electron chi connectivity index (χ2n) is 6.94. The number of carbonyl (C=O) groups is 1. The Bertz CT molecular complexity index is 1150. The van der Waals surface area contributed by atoms with E-state index in [1.807, 2.05) is 71.3 Å². The van der Waals surface area contributed by atoms with E-state index < -0.39 is 0 Å². The molecule has 0 aliphatic rings. The lowest BCUT2D eigenvalue weighted by Gasteiger charge is -2.10. The summed E-state index contributed by atoms with van der Waals surface area (Å²) in [6, 6.07) is 21.4. The van der Waals surface area contributed by atoms with Gasteiger partial charge in [0.1, 0.15) is 5.75 Å². The van der Waals surface area contributed by atoms with Crippen LogP contribution in [0, 0.1) is 0 Å². The van der Waals surface area contributed by atoms with Crippen molar-refractivity contribution in [2.75, 3.05) is 12.9 Å². The molecule has 0 radical (unpaired) electrons. The number of amides is 1. The number of methoxy groups -OCH3 is 1. The maximum absolute atomic E-state index is 12.3. The minimum atomic E-state index is -0.00780. The van der Waals surface area contributed by atoms with Gasteiger partial charge in [0.15, 0.2) is 11.0 Å². The number of benzene rings is 2. The van der Waals surface area contributed by atoms with Crippen LogP contribution < -0.4 is 10.1 Å². The van der Waals surface area contributed by atoms with Gasteiger partial charge in [-0.15, -0.1) is 10.2 Å². The molecule has 4 rings (SSSR count). The first-order valence-electron chi connectivity index (χ1n) is 10.2. The Balaban J connectivity index is 1.39. The third kappa shape index (κ3) is 5.33. The Morgan fingerprint density at radius 1 is 1.03 bits per heavy atom. The molecule has 0 atom stereocenters. The third-order valence-corrected chi connectivity index (χ3v) is 5.71. The molecule has 2 heterocycles. The molecule has 0 saturated heterocycles. The van der Waals surface area contributed by atoms with E-state index in [1.165, 1.54) is 11.8 Å². The quantitative estimate of drug-likeness (QED) is 0.390. The molecule has 32 heavy (non-hydrogen) atoms. The zero-order valence-corrected chi connectivity index (χ0v) is 18.5. The van der Waals surface area contributed by atoms with Crippen molar-refractivity contribution in [3.63, 3.8) is 0 Å². The highest BCUT2D eigenvalue weighted by Gasteiger charge is 2.16. The highest BCUT2D eigenvalue weighted by molar-refractivity contribution is 7.99. The van der Waals surface area contributed by atoms with Crippen LogP contribution >= 0.6 is 11.8 Å². The summed E-state index contributed by atoms with van der Waals surface area (Å²) < 4.78 is 7.15. The molecule has 0 spiro atoms. The lowest BCUT2D eigenvalue weighted by molar-refractivity contribution is -0.120. The van der Waals surface area contributed by atoms with Crippen LogP contribution in [0.2, 0.25) is 0 Å². The van der Waals surface area contributed by atoms with Gasteiger partial charge in [-0.25, -0.2) is 0 Å². The summed E-state index contributed by atoms with van der Waals surface area (Å²) in [6.07, 6.45) is 3.88. The number of carbonyl (C=O) groups excluding carboxylic acids is 1. The van der Waals surface area contributed by atoms with Gasteiger partial charge in [-0.2, -0.15) is 0 Å². The number of hydrogen-bond donors (Lipinski definition) is 1. The summed E-state index contributed by atoms with van der Waals surface area (Å²) in [7, 11) is 1.63. The summed E-state index contributed by atoms with van der Waals surface area (Å²) >= 11 is 1.50. The second kappa shape index (κ2) is 10.6. The maximum Gasteiger partial charge on any atom is 0.221 e. The van der Waals surface area contributed by atoms with Crippen LogP contribution in [0.4, 0.5) is 0 Å². The van der Waals surface area contributed by atoms with Gasteiger partial charge in [0.05, 0.1) is 7.11 Å². The Kier molecular flexibility index (Phi) is 7.14. The van der Waals surface area contributed by atoms with Gasteiger partial charge in [0.2, 0.25) is 5.91 Å². The fourth-order valence-corrected chi connectivity index (χ4v) is 4.01. The van der Waals surface area contributed by atoms with Crippen molar-refractivity contribution < 1.29 is 9.53 Å². The summed E-state index contributed by atoms with van der Waals surface area (Å²) in [4.78, 5) is 16.5. The first kappa shape index (κ1) is 21.6. The molecule has 4 aromatic rings. The molecule has 0 aliphatic heterocycles. The molecule has 0 aliphatic carbocycles. The van der Waals surface area contributed by atoms with Crippen molar-refractivity contribution in [1.29, 1.82) is 0 Å². The minimum absolute atomic E-state index is 0.00780. The van der Waals surface area contributed by atoms with Crippen LogP contribution in [0.5, 0.6) is 5.75 Å². The van der Waals surface area contributed by atoms with Gasteiger partial charge in [0, 0.05) is 42.4 Å². The number of para-hydroxylation sites is 1.